The number of nitrogens with zero attached hydrogens (tertiary/aromatic N) is 2. The summed E-state index contributed by atoms with van der Waals surface area (Å²) in [5, 5.41) is 4.24. The highest BCUT2D eigenvalue weighted by Crippen LogP contribution is 2.60. The molecule has 1 aromatic heterocycles. The van der Waals surface area contributed by atoms with E-state index in [0.717, 1.165) is 36.7 Å². The first kappa shape index (κ1) is 18.2. The minimum absolute atomic E-state index is 0.0555. The first-order chi connectivity index (χ1) is 13.2. The molecule has 0 saturated heterocycles. The van der Waals surface area contributed by atoms with Crippen molar-refractivity contribution in [2.45, 2.75) is 44.7 Å². The zero-order chi connectivity index (χ0) is 19.7. The lowest BCUT2D eigenvalue weighted by molar-refractivity contribution is -0.146. The number of halogens is 3. The number of aryl methyl sites for hydroxylation is 1. The number of alkyl halides is 3. The molecule has 2 aromatic rings. The molecule has 4 aliphatic rings. The highest BCUT2D eigenvalue weighted by molar-refractivity contribution is 7.16. The van der Waals surface area contributed by atoms with Gasteiger partial charge in [-0.1, -0.05) is 17.4 Å². The number of fused-ring (bicyclic) bond motifs is 1. The third-order valence-electron chi connectivity index (χ3n) is 6.91. The Morgan fingerprint density at radius 3 is 2.36 bits per heavy atom. The number of carbonyl (C=O) groups is 1. The van der Waals surface area contributed by atoms with Gasteiger partial charge in [0.25, 0.3) is 0 Å². The van der Waals surface area contributed by atoms with Gasteiger partial charge in [0, 0.05) is 7.05 Å². The lowest BCUT2D eigenvalue weighted by atomic mass is 9.49. The molecule has 1 amide bonds. The van der Waals surface area contributed by atoms with Crippen molar-refractivity contribution in [2.75, 3.05) is 0 Å². The van der Waals surface area contributed by atoms with Gasteiger partial charge in [-0.05, 0) is 68.4 Å². The first-order valence-electron chi connectivity index (χ1n) is 9.75. The van der Waals surface area contributed by atoms with Crippen molar-refractivity contribution in [3.8, 4) is 0 Å². The molecule has 0 aliphatic heterocycles. The van der Waals surface area contributed by atoms with Gasteiger partial charge in [-0.15, -0.1) is 5.10 Å². The van der Waals surface area contributed by atoms with Crippen LogP contribution in [0.15, 0.2) is 23.3 Å². The second-order valence-corrected chi connectivity index (χ2v) is 9.82. The molecule has 0 unspecified atom stereocenters. The number of hydrogen-bond acceptors (Lipinski definition) is 3. The number of hydrogen-bond donors (Lipinski definition) is 1. The Morgan fingerprint density at radius 2 is 1.79 bits per heavy atom. The van der Waals surface area contributed by atoms with Gasteiger partial charge in [-0.3, -0.25) is 4.79 Å². The lowest BCUT2D eigenvalue weighted by Crippen LogP contribution is -2.53. The van der Waals surface area contributed by atoms with E-state index in [9.17, 15) is 18.0 Å². The molecule has 4 fully saturated rings. The number of nitrogens with one attached hydrogen (secondary N) is 1. The third-order valence-corrected chi connectivity index (χ3v) is 8.10. The quantitative estimate of drug-likeness (QED) is 0.734. The average molecular weight is 409 g/mol. The molecule has 28 heavy (non-hydrogen) atoms. The van der Waals surface area contributed by atoms with E-state index in [1.54, 1.807) is 17.7 Å². The minimum Gasteiger partial charge on any atom is -0.318 e. The fourth-order valence-corrected chi connectivity index (χ4v) is 7.20. The van der Waals surface area contributed by atoms with Crippen LogP contribution in [0.2, 0.25) is 0 Å². The number of thiazole rings is 1. The Labute approximate surface area is 164 Å². The van der Waals surface area contributed by atoms with Crippen LogP contribution < -0.4 is 10.2 Å². The van der Waals surface area contributed by atoms with E-state index < -0.39 is 11.7 Å². The summed E-state index contributed by atoms with van der Waals surface area (Å²) in [7, 11) is 1.68. The average Bonchev–Trinajstić information content (AvgIpc) is 2.93. The second kappa shape index (κ2) is 6.08. The third kappa shape index (κ3) is 2.79. The Bertz CT molecular complexity index is 985. The zero-order valence-electron chi connectivity index (χ0n) is 15.6. The Kier molecular flexibility index (Phi) is 3.96. The van der Waals surface area contributed by atoms with Crippen molar-refractivity contribution in [1.82, 2.24) is 9.99 Å². The van der Waals surface area contributed by atoms with Crippen molar-refractivity contribution in [3.05, 3.63) is 28.6 Å². The number of benzene rings is 1. The molecule has 1 aromatic carbocycles. The lowest BCUT2D eigenvalue weighted by Gasteiger charge is -2.55. The summed E-state index contributed by atoms with van der Waals surface area (Å²) < 4.78 is 41.6. The van der Waals surface area contributed by atoms with Gasteiger partial charge in [0.2, 0.25) is 10.7 Å². The molecule has 4 bridgehead atoms. The van der Waals surface area contributed by atoms with Crippen LogP contribution in [0.3, 0.4) is 0 Å². The van der Waals surface area contributed by atoms with Crippen LogP contribution >= 0.6 is 11.3 Å². The van der Waals surface area contributed by atoms with Crippen molar-refractivity contribution in [2.24, 2.45) is 35.3 Å². The molecule has 6 rings (SSSR count). The number of amides is 1. The van der Waals surface area contributed by atoms with Crippen LogP contribution in [0.1, 0.15) is 44.1 Å². The molecule has 0 atom stereocenters. The first-order valence-corrected chi connectivity index (χ1v) is 10.6. The highest BCUT2D eigenvalue weighted by atomic mass is 32.1. The molecular weight excluding hydrogens is 387 g/mol. The van der Waals surface area contributed by atoms with E-state index >= 15 is 0 Å². The van der Waals surface area contributed by atoms with Crippen LogP contribution in [0, 0.1) is 23.2 Å². The molecule has 0 radical (unpaired) electrons. The maximum atomic E-state index is 13.3. The van der Waals surface area contributed by atoms with Gasteiger partial charge in [0.15, 0.2) is 0 Å². The second-order valence-electron chi connectivity index (χ2n) is 8.85. The standard InChI is InChI=1S/C20H22F3N3OS/c1-26-15-4-2-3-14(20(21,22)23)16(15)28-18(26)25-24-17(27)19-8-11-5-12(9-19)7-13(6-11)10-19/h2-4,11-13H,5-10H2,1H3,(H,24,27)/b25-18+. The highest BCUT2D eigenvalue weighted by Gasteiger charge is 2.54. The molecular formula is C20H22F3N3OS. The minimum atomic E-state index is -4.42. The maximum Gasteiger partial charge on any atom is 0.417 e. The van der Waals surface area contributed by atoms with Gasteiger partial charge >= 0.3 is 6.18 Å². The van der Waals surface area contributed by atoms with Crippen LogP contribution in [0.5, 0.6) is 0 Å². The summed E-state index contributed by atoms with van der Waals surface area (Å²) in [6.45, 7) is 0. The van der Waals surface area contributed by atoms with Crippen molar-refractivity contribution in [3.63, 3.8) is 0 Å². The van der Waals surface area contributed by atoms with Crippen molar-refractivity contribution < 1.29 is 18.0 Å². The Morgan fingerprint density at radius 1 is 1.18 bits per heavy atom. The van der Waals surface area contributed by atoms with Gasteiger partial charge in [0.05, 0.1) is 21.2 Å². The summed E-state index contributed by atoms with van der Waals surface area (Å²) in [6.07, 6.45) is 2.10. The van der Waals surface area contributed by atoms with E-state index in [0.29, 0.717) is 28.1 Å². The summed E-state index contributed by atoms with van der Waals surface area (Å²) in [4.78, 5) is 13.4. The predicted molar refractivity (Wildman–Crippen MR) is 100 cm³/mol. The van der Waals surface area contributed by atoms with E-state index in [1.807, 2.05) is 0 Å². The van der Waals surface area contributed by atoms with Gasteiger partial charge < -0.3 is 4.57 Å². The fraction of sp³-hybridized carbons (Fsp3) is 0.600. The van der Waals surface area contributed by atoms with E-state index in [2.05, 4.69) is 10.5 Å². The number of carbonyl (C=O) groups excluding carboxylic acids is 1. The number of rotatable bonds is 2. The van der Waals surface area contributed by atoms with E-state index in [-0.39, 0.29) is 16.0 Å². The summed E-state index contributed by atoms with van der Waals surface area (Å²) in [5.74, 6) is 1.88. The molecule has 8 heteroatoms. The largest absolute Gasteiger partial charge is 0.417 e. The van der Waals surface area contributed by atoms with Crippen LogP contribution in [-0.4, -0.2) is 10.5 Å². The van der Waals surface area contributed by atoms with Gasteiger partial charge in [-0.25, -0.2) is 5.43 Å². The molecule has 4 aliphatic carbocycles. The van der Waals surface area contributed by atoms with Crippen LogP contribution in [-0.2, 0) is 18.0 Å². The summed E-state index contributed by atoms with van der Waals surface area (Å²) in [6, 6.07) is 4.12. The summed E-state index contributed by atoms with van der Waals surface area (Å²) >= 11 is 0.958. The Balaban J connectivity index is 1.46. The van der Waals surface area contributed by atoms with Crippen molar-refractivity contribution >= 4 is 27.5 Å². The van der Waals surface area contributed by atoms with Gasteiger partial charge in [-0.2, -0.15) is 13.2 Å². The zero-order valence-corrected chi connectivity index (χ0v) is 16.4. The molecule has 0 spiro atoms. The summed E-state index contributed by atoms with van der Waals surface area (Å²) in [5.41, 5.74) is 2.18. The predicted octanol–water partition coefficient (Wildman–Crippen LogP) is 4.41. The Hall–Kier alpha value is -1.83. The SMILES string of the molecule is Cn1/c(=N\NC(=O)C23CC4CC(CC(C4)C2)C3)sc2c(C(F)(F)F)cccc21. The molecule has 4 saturated carbocycles. The normalized spacial score (nSPS) is 32.3. The number of aromatic nitrogens is 1. The topological polar surface area (TPSA) is 46.4 Å². The fourth-order valence-electron chi connectivity index (χ4n) is 6.09. The monoisotopic (exact) mass is 409 g/mol. The van der Waals surface area contributed by atoms with Crippen LogP contribution in [0.25, 0.3) is 10.2 Å². The van der Waals surface area contributed by atoms with E-state index in [4.69, 9.17) is 0 Å². The molecule has 4 nitrogen and oxygen atoms in total. The van der Waals surface area contributed by atoms with E-state index in [1.165, 1.54) is 25.3 Å². The van der Waals surface area contributed by atoms with Crippen LogP contribution in [0.4, 0.5) is 13.2 Å². The smallest absolute Gasteiger partial charge is 0.318 e. The van der Waals surface area contributed by atoms with Gasteiger partial charge in [0.1, 0.15) is 0 Å². The molecule has 1 N–H and O–H groups in total. The molecule has 1 heterocycles. The molecule has 150 valence electrons. The van der Waals surface area contributed by atoms with Crippen molar-refractivity contribution in [1.29, 1.82) is 0 Å². The maximum absolute atomic E-state index is 13.3.